The maximum absolute atomic E-state index is 14.0. The Morgan fingerprint density at radius 2 is 1.79 bits per heavy atom. The summed E-state index contributed by atoms with van der Waals surface area (Å²) in [6.07, 6.45) is 1.08. The Labute approximate surface area is 251 Å². The van der Waals surface area contributed by atoms with Gasteiger partial charge in [0.15, 0.2) is 5.78 Å². The van der Waals surface area contributed by atoms with Crippen LogP contribution in [0, 0.1) is 0 Å². The Hall–Kier alpha value is -4.18. The smallest absolute Gasteiger partial charge is 0.413 e. The fourth-order valence-electron chi connectivity index (χ4n) is 5.93. The van der Waals surface area contributed by atoms with E-state index in [0.29, 0.717) is 55.0 Å². The van der Waals surface area contributed by atoms with Gasteiger partial charge >= 0.3 is 12.1 Å². The second kappa shape index (κ2) is 12.6. The molecule has 0 saturated carbocycles. The lowest BCUT2D eigenvalue weighted by atomic mass is 9.72. The molecule has 2 aromatic rings. The second-order valence-electron chi connectivity index (χ2n) is 12.1. The zero-order valence-electron chi connectivity index (χ0n) is 25.3. The fraction of sp³-hybridized carbons (Fsp3) is 0.455. The first kappa shape index (κ1) is 30.3. The number of pyridine rings is 1. The number of benzene rings is 1. The number of para-hydroxylation sites is 1. The Balaban J connectivity index is 1.53. The molecule has 1 aromatic heterocycles. The number of aromatic nitrogens is 1. The van der Waals surface area contributed by atoms with Crippen molar-refractivity contribution in [1.82, 2.24) is 10.3 Å². The van der Waals surface area contributed by atoms with Crippen LogP contribution < -0.4 is 15.4 Å². The molecule has 2 atom stereocenters. The molecular formula is C33H39N3O7. The number of ether oxygens (including phenoxy) is 4. The number of amides is 1. The zero-order chi connectivity index (χ0) is 30.7. The van der Waals surface area contributed by atoms with Crippen molar-refractivity contribution in [2.75, 3.05) is 25.6 Å². The van der Waals surface area contributed by atoms with Gasteiger partial charge in [-0.2, -0.15) is 0 Å². The topological polar surface area (TPSA) is 125 Å². The Bertz CT molecular complexity index is 1470. The Morgan fingerprint density at radius 3 is 2.51 bits per heavy atom. The summed E-state index contributed by atoms with van der Waals surface area (Å²) >= 11 is 0. The summed E-state index contributed by atoms with van der Waals surface area (Å²) in [6, 6.07) is 12.8. The van der Waals surface area contributed by atoms with E-state index in [1.807, 2.05) is 31.2 Å². The third-order valence-corrected chi connectivity index (χ3v) is 7.76. The van der Waals surface area contributed by atoms with Crippen LogP contribution >= 0.6 is 0 Å². The largest absolute Gasteiger partial charge is 0.496 e. The number of ketones is 1. The van der Waals surface area contributed by atoms with E-state index in [4.69, 9.17) is 23.9 Å². The molecular weight excluding hydrogens is 550 g/mol. The standard InChI is InChI=1S/C33H39N3O7/c1-19-28(31(38)42-21-13-15-41-16-14-21)30(23-10-8-12-27(35-23)36-32(39)43-33(2,3)4)29-24(34-19)17-20(18-25(29)37)22-9-6-7-11-26(22)40-5/h6-12,20-21,30,34H,13-18H2,1-5H3,(H,35,36,39)/t20-,30?/m1/s1. The normalized spacial score (nSPS) is 21.1. The van der Waals surface area contributed by atoms with Crippen molar-refractivity contribution < 1.29 is 33.3 Å². The van der Waals surface area contributed by atoms with Gasteiger partial charge in [-0.05, 0) is 57.9 Å². The molecule has 1 aliphatic carbocycles. The number of carbonyl (C=O) groups is 3. The van der Waals surface area contributed by atoms with Crippen LogP contribution in [-0.4, -0.2) is 54.9 Å². The molecule has 2 aliphatic heterocycles. The molecule has 1 amide bonds. The lowest BCUT2D eigenvalue weighted by Crippen LogP contribution is -2.37. The molecule has 1 unspecified atom stereocenters. The minimum Gasteiger partial charge on any atom is -0.496 e. The highest BCUT2D eigenvalue weighted by molar-refractivity contribution is 6.04. The van der Waals surface area contributed by atoms with Crippen molar-refractivity contribution in [1.29, 1.82) is 0 Å². The van der Waals surface area contributed by atoms with Crippen LogP contribution in [0.4, 0.5) is 10.6 Å². The van der Waals surface area contributed by atoms with Crippen molar-refractivity contribution in [3.63, 3.8) is 0 Å². The SMILES string of the molecule is COc1ccccc1[C@H]1CC(=O)C2=C(C1)NC(C)=C(C(=O)OC1CCOCC1)C2c1cccc(NC(=O)OC(C)(C)C)n1. The molecule has 2 N–H and O–H groups in total. The minimum absolute atomic E-state index is 0.0918. The maximum Gasteiger partial charge on any atom is 0.413 e. The van der Waals surface area contributed by atoms with E-state index in [1.165, 1.54) is 0 Å². The summed E-state index contributed by atoms with van der Waals surface area (Å²) in [7, 11) is 1.62. The number of hydrogen-bond acceptors (Lipinski definition) is 9. The molecule has 228 valence electrons. The first-order valence-corrected chi connectivity index (χ1v) is 14.7. The molecule has 0 radical (unpaired) electrons. The molecule has 10 heteroatoms. The van der Waals surface area contributed by atoms with Crippen molar-refractivity contribution in [2.45, 2.75) is 76.9 Å². The van der Waals surface area contributed by atoms with Gasteiger partial charge in [-0.3, -0.25) is 10.1 Å². The van der Waals surface area contributed by atoms with Crippen LogP contribution in [0.3, 0.4) is 0 Å². The molecule has 43 heavy (non-hydrogen) atoms. The number of anilines is 1. The van der Waals surface area contributed by atoms with Gasteiger partial charge in [0.05, 0.1) is 37.5 Å². The number of carbonyl (C=O) groups excluding carboxylic acids is 3. The molecule has 0 bridgehead atoms. The number of nitrogens with one attached hydrogen (secondary N) is 2. The van der Waals surface area contributed by atoms with Crippen molar-refractivity contribution in [3.8, 4) is 5.75 Å². The van der Waals surface area contributed by atoms with Gasteiger partial charge in [-0.25, -0.2) is 14.6 Å². The summed E-state index contributed by atoms with van der Waals surface area (Å²) in [5, 5.41) is 6.06. The van der Waals surface area contributed by atoms with Gasteiger partial charge in [0.2, 0.25) is 0 Å². The number of nitrogens with zero attached hydrogens (tertiary/aromatic N) is 1. The van der Waals surface area contributed by atoms with E-state index in [0.717, 1.165) is 17.0 Å². The van der Waals surface area contributed by atoms with Gasteiger partial charge in [-0.15, -0.1) is 0 Å². The lowest BCUT2D eigenvalue weighted by Gasteiger charge is -2.37. The molecule has 10 nitrogen and oxygen atoms in total. The third kappa shape index (κ3) is 6.91. The third-order valence-electron chi connectivity index (χ3n) is 7.76. The minimum atomic E-state index is -0.782. The van der Waals surface area contributed by atoms with Gasteiger partial charge in [-0.1, -0.05) is 24.3 Å². The number of rotatable bonds is 6. The number of dihydropyridines is 1. The Kier molecular flexibility index (Phi) is 8.87. The summed E-state index contributed by atoms with van der Waals surface area (Å²) in [4.78, 5) is 45.1. The van der Waals surface area contributed by atoms with E-state index < -0.39 is 23.6 Å². The number of allylic oxidation sites excluding steroid dienone is 3. The van der Waals surface area contributed by atoms with Crippen molar-refractivity contribution in [3.05, 3.63) is 76.3 Å². The number of methoxy groups -OCH3 is 1. The highest BCUT2D eigenvalue weighted by atomic mass is 16.6. The van der Waals surface area contributed by atoms with E-state index >= 15 is 0 Å². The van der Waals surface area contributed by atoms with E-state index in [1.54, 1.807) is 46.1 Å². The maximum atomic E-state index is 14.0. The lowest BCUT2D eigenvalue weighted by molar-refractivity contribution is -0.148. The van der Waals surface area contributed by atoms with Gasteiger partial charge in [0.1, 0.15) is 23.3 Å². The van der Waals surface area contributed by atoms with E-state index in [2.05, 4.69) is 10.6 Å². The predicted octanol–water partition coefficient (Wildman–Crippen LogP) is 5.52. The van der Waals surface area contributed by atoms with Gasteiger partial charge < -0.3 is 24.3 Å². The Morgan fingerprint density at radius 1 is 1.05 bits per heavy atom. The van der Waals surface area contributed by atoms with Crippen molar-refractivity contribution in [2.24, 2.45) is 0 Å². The summed E-state index contributed by atoms with van der Waals surface area (Å²) in [5.41, 5.74) is 2.87. The number of Topliss-reactive ketones (excluding diaryl/α,β-unsaturated/α-hetero) is 1. The zero-order valence-corrected chi connectivity index (χ0v) is 25.3. The van der Waals surface area contributed by atoms with Crippen molar-refractivity contribution >= 4 is 23.7 Å². The predicted molar refractivity (Wildman–Crippen MR) is 160 cm³/mol. The van der Waals surface area contributed by atoms with Crippen LogP contribution in [-0.2, 0) is 23.8 Å². The molecule has 3 aliphatic rings. The highest BCUT2D eigenvalue weighted by Crippen LogP contribution is 2.46. The van der Waals surface area contributed by atoms with Crippen LogP contribution in [0.5, 0.6) is 5.75 Å². The quantitative estimate of drug-likeness (QED) is 0.419. The summed E-state index contributed by atoms with van der Waals surface area (Å²) in [6.45, 7) is 8.19. The summed E-state index contributed by atoms with van der Waals surface area (Å²) < 4.78 is 22.4. The van der Waals surface area contributed by atoms with E-state index in [-0.39, 0.29) is 30.0 Å². The first-order chi connectivity index (χ1) is 20.5. The summed E-state index contributed by atoms with van der Waals surface area (Å²) in [5.74, 6) is -0.502. The van der Waals surface area contributed by atoms with Crippen LogP contribution in [0.1, 0.15) is 76.5 Å². The monoisotopic (exact) mass is 589 g/mol. The van der Waals surface area contributed by atoms with Crippen LogP contribution in [0.2, 0.25) is 0 Å². The molecule has 5 rings (SSSR count). The average molecular weight is 590 g/mol. The molecule has 3 heterocycles. The van der Waals surface area contributed by atoms with E-state index in [9.17, 15) is 14.4 Å². The first-order valence-electron chi connectivity index (χ1n) is 14.7. The number of hydrogen-bond donors (Lipinski definition) is 2. The van der Waals surface area contributed by atoms with Gasteiger partial charge in [0, 0.05) is 42.1 Å². The molecule has 1 aromatic carbocycles. The fourth-order valence-corrected chi connectivity index (χ4v) is 5.93. The highest BCUT2D eigenvalue weighted by Gasteiger charge is 2.43. The average Bonchev–Trinajstić information content (AvgIpc) is 2.95. The van der Waals surface area contributed by atoms with Crippen LogP contribution in [0.25, 0.3) is 0 Å². The number of esters is 1. The molecule has 1 fully saturated rings. The molecule has 1 saturated heterocycles. The molecule has 0 spiro atoms. The second-order valence-corrected chi connectivity index (χ2v) is 12.1. The van der Waals surface area contributed by atoms with Crippen LogP contribution in [0.15, 0.2) is 65.0 Å². The van der Waals surface area contributed by atoms with Gasteiger partial charge in [0.25, 0.3) is 0 Å².